The van der Waals surface area contributed by atoms with Gasteiger partial charge in [-0.05, 0) is 18.9 Å². The first kappa shape index (κ1) is 15.9. The highest BCUT2D eigenvalue weighted by molar-refractivity contribution is 7.88. The number of rotatable bonds is 3. The highest BCUT2D eigenvalue weighted by Crippen LogP contribution is 2.33. The van der Waals surface area contributed by atoms with E-state index in [1.807, 2.05) is 0 Å². The van der Waals surface area contributed by atoms with Gasteiger partial charge >= 0.3 is 0 Å². The van der Waals surface area contributed by atoms with Crippen LogP contribution in [0, 0.1) is 0 Å². The van der Waals surface area contributed by atoms with E-state index in [0.717, 1.165) is 18.5 Å². The molecule has 9 heteroatoms. The van der Waals surface area contributed by atoms with Gasteiger partial charge in [0.2, 0.25) is 10.0 Å². The van der Waals surface area contributed by atoms with Crippen LogP contribution < -0.4 is 0 Å². The Kier molecular flexibility index (Phi) is 3.85. The fraction of sp³-hybridized carbons (Fsp3) is 0.500. The van der Waals surface area contributed by atoms with Crippen LogP contribution >= 0.6 is 0 Å². The van der Waals surface area contributed by atoms with Crippen LogP contribution in [0.15, 0.2) is 18.5 Å². The van der Waals surface area contributed by atoms with Crippen LogP contribution in [0.25, 0.3) is 5.65 Å². The highest BCUT2D eigenvalue weighted by Gasteiger charge is 2.34. The van der Waals surface area contributed by atoms with Gasteiger partial charge in [-0.15, -0.1) is 0 Å². The molecular formula is C14H19N5O3S. The van der Waals surface area contributed by atoms with Crippen LogP contribution in [0.2, 0.25) is 0 Å². The van der Waals surface area contributed by atoms with Crippen molar-refractivity contribution in [2.24, 2.45) is 0 Å². The van der Waals surface area contributed by atoms with Crippen molar-refractivity contribution in [1.29, 1.82) is 0 Å². The van der Waals surface area contributed by atoms with Gasteiger partial charge in [0.15, 0.2) is 5.65 Å². The Balaban J connectivity index is 2.11. The minimum Gasteiger partial charge on any atom is -0.345 e. The molecule has 0 saturated carbocycles. The number of nitrogens with zero attached hydrogens (tertiary/aromatic N) is 5. The Morgan fingerprint density at radius 3 is 2.78 bits per heavy atom. The summed E-state index contributed by atoms with van der Waals surface area (Å²) >= 11 is 0. The zero-order valence-electron chi connectivity index (χ0n) is 13.3. The molecule has 0 bridgehead atoms. The molecule has 0 spiro atoms. The second-order valence-corrected chi connectivity index (χ2v) is 7.83. The molecule has 0 radical (unpaired) electrons. The standard InChI is InChI=1S/C14H19N5O3S/c1-17(2)14(20)10-9-16-19-12(6-7-15-13(10)19)11-5-4-8-18(11)23(3,21)22/h6-7,9,11H,4-5,8H2,1-3H3/t11-/m1/s1. The van der Waals surface area contributed by atoms with E-state index < -0.39 is 10.0 Å². The van der Waals surface area contributed by atoms with E-state index in [2.05, 4.69) is 10.1 Å². The lowest BCUT2D eigenvalue weighted by Gasteiger charge is -2.22. The van der Waals surface area contributed by atoms with Crippen LogP contribution in [0.1, 0.15) is 34.9 Å². The van der Waals surface area contributed by atoms with Crippen molar-refractivity contribution in [3.63, 3.8) is 0 Å². The Labute approximate surface area is 134 Å². The zero-order chi connectivity index (χ0) is 16.8. The molecule has 0 aliphatic carbocycles. The second kappa shape index (κ2) is 5.57. The molecule has 1 aliphatic rings. The molecule has 3 rings (SSSR count). The van der Waals surface area contributed by atoms with Crippen molar-refractivity contribution in [3.8, 4) is 0 Å². The van der Waals surface area contributed by atoms with Crippen molar-refractivity contribution < 1.29 is 13.2 Å². The van der Waals surface area contributed by atoms with E-state index in [4.69, 9.17) is 0 Å². The minimum absolute atomic E-state index is 0.184. The molecule has 1 amide bonds. The summed E-state index contributed by atoms with van der Waals surface area (Å²) < 4.78 is 27.0. The number of amides is 1. The smallest absolute Gasteiger partial charge is 0.258 e. The van der Waals surface area contributed by atoms with E-state index >= 15 is 0 Å². The van der Waals surface area contributed by atoms with Crippen molar-refractivity contribution >= 4 is 21.6 Å². The monoisotopic (exact) mass is 337 g/mol. The molecule has 2 aromatic rings. The molecule has 1 fully saturated rings. The van der Waals surface area contributed by atoms with Crippen LogP contribution in [0.4, 0.5) is 0 Å². The molecule has 23 heavy (non-hydrogen) atoms. The lowest BCUT2D eigenvalue weighted by Crippen LogP contribution is -2.30. The Bertz CT molecular complexity index is 858. The second-order valence-electron chi connectivity index (χ2n) is 5.89. The quantitative estimate of drug-likeness (QED) is 0.815. The van der Waals surface area contributed by atoms with Gasteiger partial charge < -0.3 is 4.90 Å². The van der Waals surface area contributed by atoms with Gasteiger partial charge in [-0.2, -0.15) is 9.40 Å². The lowest BCUT2D eigenvalue weighted by molar-refractivity contribution is 0.0829. The number of carbonyl (C=O) groups excluding carboxylic acids is 1. The molecular weight excluding hydrogens is 318 g/mol. The molecule has 3 heterocycles. The predicted molar refractivity (Wildman–Crippen MR) is 84.5 cm³/mol. The average Bonchev–Trinajstić information content (AvgIpc) is 3.12. The van der Waals surface area contributed by atoms with Gasteiger partial charge in [-0.25, -0.2) is 17.9 Å². The normalized spacial score (nSPS) is 19.3. The SMILES string of the molecule is CN(C)C(=O)c1cnn2c([C@H]3CCCN3S(C)(=O)=O)ccnc12. The maximum absolute atomic E-state index is 12.2. The van der Waals surface area contributed by atoms with E-state index in [0.29, 0.717) is 17.8 Å². The summed E-state index contributed by atoms with van der Waals surface area (Å²) in [7, 11) is 0.0346. The summed E-state index contributed by atoms with van der Waals surface area (Å²) in [6, 6.07) is 1.48. The van der Waals surface area contributed by atoms with E-state index in [9.17, 15) is 13.2 Å². The number of hydrogen-bond acceptors (Lipinski definition) is 5. The lowest BCUT2D eigenvalue weighted by atomic mass is 10.1. The first-order valence-electron chi connectivity index (χ1n) is 7.32. The molecule has 124 valence electrons. The minimum atomic E-state index is -3.29. The number of carbonyl (C=O) groups is 1. The first-order valence-corrected chi connectivity index (χ1v) is 9.16. The third-order valence-corrected chi connectivity index (χ3v) is 5.33. The molecule has 8 nitrogen and oxygen atoms in total. The summed E-state index contributed by atoms with van der Waals surface area (Å²) in [5, 5.41) is 4.27. The molecule has 2 aromatic heterocycles. The van der Waals surface area contributed by atoms with E-state index in [1.165, 1.54) is 21.7 Å². The molecule has 1 saturated heterocycles. The Morgan fingerprint density at radius 1 is 1.39 bits per heavy atom. The summed E-state index contributed by atoms with van der Waals surface area (Å²) in [6.07, 6.45) is 5.81. The molecule has 0 aromatic carbocycles. The Morgan fingerprint density at radius 2 is 2.13 bits per heavy atom. The first-order chi connectivity index (χ1) is 10.8. The van der Waals surface area contributed by atoms with Gasteiger partial charge in [0.05, 0.1) is 24.2 Å². The summed E-state index contributed by atoms with van der Waals surface area (Å²) in [5.74, 6) is -0.184. The summed E-state index contributed by atoms with van der Waals surface area (Å²) in [5.41, 5.74) is 1.58. The van der Waals surface area contributed by atoms with Crippen LogP contribution in [-0.2, 0) is 10.0 Å². The van der Waals surface area contributed by atoms with Gasteiger partial charge in [0.25, 0.3) is 5.91 Å². The number of aromatic nitrogens is 3. The van der Waals surface area contributed by atoms with Crippen molar-refractivity contribution in [2.75, 3.05) is 26.9 Å². The van der Waals surface area contributed by atoms with Crippen molar-refractivity contribution in [3.05, 3.63) is 29.7 Å². The number of sulfonamides is 1. The molecule has 1 atom stereocenters. The molecule has 0 N–H and O–H groups in total. The third-order valence-electron chi connectivity index (χ3n) is 4.04. The van der Waals surface area contributed by atoms with Crippen molar-refractivity contribution in [2.45, 2.75) is 18.9 Å². The van der Waals surface area contributed by atoms with Crippen LogP contribution in [0.5, 0.6) is 0 Å². The maximum atomic E-state index is 12.2. The fourth-order valence-corrected chi connectivity index (χ4v) is 4.12. The van der Waals surface area contributed by atoms with Gasteiger partial charge in [0, 0.05) is 26.8 Å². The van der Waals surface area contributed by atoms with Gasteiger partial charge in [-0.3, -0.25) is 4.79 Å². The zero-order valence-corrected chi connectivity index (χ0v) is 14.1. The van der Waals surface area contributed by atoms with Gasteiger partial charge in [-0.1, -0.05) is 0 Å². The average molecular weight is 337 g/mol. The number of fused-ring (bicyclic) bond motifs is 1. The predicted octanol–water partition coefficient (Wildman–Crippen LogP) is 0.528. The fourth-order valence-electron chi connectivity index (χ4n) is 2.99. The molecule has 1 aliphatic heterocycles. The Hall–Kier alpha value is -2.00. The maximum Gasteiger partial charge on any atom is 0.258 e. The highest BCUT2D eigenvalue weighted by atomic mass is 32.2. The third kappa shape index (κ3) is 2.70. The summed E-state index contributed by atoms with van der Waals surface area (Å²) in [6.45, 7) is 0.498. The topological polar surface area (TPSA) is 87.9 Å². The number of hydrogen-bond donors (Lipinski definition) is 0. The van der Waals surface area contributed by atoms with Gasteiger partial charge in [0.1, 0.15) is 5.56 Å². The molecule has 0 unspecified atom stereocenters. The largest absolute Gasteiger partial charge is 0.345 e. The van der Waals surface area contributed by atoms with Crippen LogP contribution in [-0.4, -0.2) is 65.0 Å². The van der Waals surface area contributed by atoms with E-state index in [-0.39, 0.29) is 11.9 Å². The summed E-state index contributed by atoms with van der Waals surface area (Å²) in [4.78, 5) is 17.9. The van der Waals surface area contributed by atoms with Crippen LogP contribution in [0.3, 0.4) is 0 Å². The van der Waals surface area contributed by atoms with E-state index in [1.54, 1.807) is 30.9 Å². The van der Waals surface area contributed by atoms with Crippen molar-refractivity contribution in [1.82, 2.24) is 23.8 Å².